The van der Waals surface area contributed by atoms with Gasteiger partial charge in [0, 0.05) is 6.54 Å². The van der Waals surface area contributed by atoms with Gasteiger partial charge in [-0.3, -0.25) is 0 Å². The molecule has 1 N–H and O–H groups in total. The molecule has 104 valence electrons. The number of sulfonamides is 1. The predicted octanol–water partition coefficient (Wildman–Crippen LogP) is 2.14. The molecule has 1 aromatic rings. The first-order valence-corrected chi connectivity index (χ1v) is 6.72. The summed E-state index contributed by atoms with van der Waals surface area (Å²) in [6.45, 7) is 1.21. The molecule has 1 atom stereocenters. The van der Waals surface area contributed by atoms with Gasteiger partial charge in [0.15, 0.2) is 0 Å². The Kier molecular flexibility index (Phi) is 4.55. The van der Waals surface area contributed by atoms with Gasteiger partial charge < -0.3 is 0 Å². The van der Waals surface area contributed by atoms with E-state index in [9.17, 15) is 21.6 Å². The summed E-state index contributed by atoms with van der Waals surface area (Å²) in [6, 6.07) is 5.68. The molecular formula is C11H11F3N2O2S. The van der Waals surface area contributed by atoms with E-state index in [4.69, 9.17) is 5.26 Å². The Morgan fingerprint density at radius 1 is 1.37 bits per heavy atom. The first kappa shape index (κ1) is 15.5. The Bertz CT molecular complexity index is 591. The molecule has 0 saturated carbocycles. The van der Waals surface area contributed by atoms with Gasteiger partial charge in [0.2, 0.25) is 10.0 Å². The fourth-order valence-corrected chi connectivity index (χ4v) is 2.65. The summed E-state index contributed by atoms with van der Waals surface area (Å²) in [4.78, 5) is -0.840. The lowest BCUT2D eigenvalue weighted by Crippen LogP contribution is -2.29. The molecule has 1 rings (SSSR count). The summed E-state index contributed by atoms with van der Waals surface area (Å²) < 4.78 is 63.7. The minimum absolute atomic E-state index is 0.245. The van der Waals surface area contributed by atoms with E-state index in [-0.39, 0.29) is 6.54 Å². The Morgan fingerprint density at radius 3 is 2.47 bits per heavy atom. The molecular weight excluding hydrogens is 281 g/mol. The maximum Gasteiger partial charge on any atom is 0.417 e. The minimum atomic E-state index is -4.76. The molecule has 0 aliphatic carbocycles. The normalized spacial score (nSPS) is 13.8. The van der Waals surface area contributed by atoms with Gasteiger partial charge in [-0.1, -0.05) is 12.1 Å². The highest BCUT2D eigenvalue weighted by molar-refractivity contribution is 7.89. The molecule has 0 heterocycles. The van der Waals surface area contributed by atoms with Crippen LogP contribution in [0.3, 0.4) is 0 Å². The third-order valence-electron chi connectivity index (χ3n) is 2.28. The van der Waals surface area contributed by atoms with Crippen molar-refractivity contribution >= 4 is 10.0 Å². The molecule has 0 aromatic heterocycles. The fraction of sp³-hybridized carbons (Fsp3) is 0.364. The van der Waals surface area contributed by atoms with E-state index in [2.05, 4.69) is 0 Å². The molecule has 1 unspecified atom stereocenters. The number of hydrogen-bond acceptors (Lipinski definition) is 3. The zero-order valence-electron chi connectivity index (χ0n) is 9.90. The first-order valence-electron chi connectivity index (χ1n) is 5.24. The van der Waals surface area contributed by atoms with Crippen molar-refractivity contribution in [3.63, 3.8) is 0 Å². The lowest BCUT2D eigenvalue weighted by atomic mass is 10.2. The highest BCUT2D eigenvalue weighted by Crippen LogP contribution is 2.33. The van der Waals surface area contributed by atoms with Crippen LogP contribution in [0.15, 0.2) is 29.2 Å². The van der Waals surface area contributed by atoms with Gasteiger partial charge in [-0.15, -0.1) is 0 Å². The molecule has 8 heteroatoms. The second kappa shape index (κ2) is 5.59. The maximum absolute atomic E-state index is 12.7. The summed E-state index contributed by atoms with van der Waals surface area (Å²) in [5.41, 5.74) is -1.23. The van der Waals surface area contributed by atoms with E-state index in [1.54, 1.807) is 6.07 Å². The van der Waals surface area contributed by atoms with E-state index in [1.165, 1.54) is 13.0 Å². The molecule has 0 aliphatic rings. The van der Waals surface area contributed by atoms with Gasteiger partial charge in [-0.25, -0.2) is 13.1 Å². The third kappa shape index (κ3) is 3.94. The maximum atomic E-state index is 12.7. The van der Waals surface area contributed by atoms with Crippen LogP contribution in [0.1, 0.15) is 12.5 Å². The Balaban J connectivity index is 3.13. The minimum Gasteiger partial charge on any atom is -0.210 e. The molecule has 0 saturated heterocycles. The van der Waals surface area contributed by atoms with E-state index in [0.717, 1.165) is 12.1 Å². The Labute approximate surface area is 108 Å². The smallest absolute Gasteiger partial charge is 0.210 e. The molecule has 19 heavy (non-hydrogen) atoms. The zero-order valence-corrected chi connectivity index (χ0v) is 10.7. The van der Waals surface area contributed by atoms with Crippen LogP contribution in [-0.4, -0.2) is 15.0 Å². The van der Waals surface area contributed by atoms with Crippen LogP contribution >= 0.6 is 0 Å². The lowest BCUT2D eigenvalue weighted by molar-refractivity contribution is -0.139. The van der Waals surface area contributed by atoms with Crippen LogP contribution in [0.25, 0.3) is 0 Å². The number of halogens is 3. The highest BCUT2D eigenvalue weighted by Gasteiger charge is 2.36. The second-order valence-electron chi connectivity index (χ2n) is 3.88. The average Bonchev–Trinajstić information content (AvgIpc) is 2.35. The number of rotatable bonds is 4. The zero-order chi connectivity index (χ0) is 14.7. The van der Waals surface area contributed by atoms with Crippen molar-refractivity contribution in [1.29, 1.82) is 5.26 Å². The molecule has 0 amide bonds. The molecule has 1 aromatic carbocycles. The van der Waals surface area contributed by atoms with Gasteiger partial charge in [-0.05, 0) is 19.1 Å². The third-order valence-corrected chi connectivity index (χ3v) is 3.76. The number of alkyl halides is 3. The van der Waals surface area contributed by atoms with Crippen LogP contribution in [0.2, 0.25) is 0 Å². The monoisotopic (exact) mass is 292 g/mol. The van der Waals surface area contributed by atoms with E-state index < -0.39 is 32.6 Å². The topological polar surface area (TPSA) is 70.0 Å². The predicted molar refractivity (Wildman–Crippen MR) is 61.4 cm³/mol. The molecule has 0 bridgehead atoms. The van der Waals surface area contributed by atoms with Crippen LogP contribution in [-0.2, 0) is 16.2 Å². The van der Waals surface area contributed by atoms with Crippen molar-refractivity contribution in [2.45, 2.75) is 18.0 Å². The Hall–Kier alpha value is -1.59. The van der Waals surface area contributed by atoms with Crippen LogP contribution in [0.5, 0.6) is 0 Å². The second-order valence-corrected chi connectivity index (χ2v) is 5.61. The molecule has 4 nitrogen and oxygen atoms in total. The van der Waals surface area contributed by atoms with Gasteiger partial charge >= 0.3 is 6.18 Å². The molecule has 0 fully saturated rings. The lowest BCUT2D eigenvalue weighted by Gasteiger charge is -2.14. The van der Waals surface area contributed by atoms with Crippen molar-refractivity contribution in [3.05, 3.63) is 29.8 Å². The summed E-state index contributed by atoms with van der Waals surface area (Å²) in [5, 5.41) is 8.52. The van der Waals surface area contributed by atoms with Gasteiger partial charge in [0.1, 0.15) is 0 Å². The number of hydrogen-bond donors (Lipinski definition) is 1. The summed E-state index contributed by atoms with van der Waals surface area (Å²) in [5.74, 6) is -0.632. The number of nitrogens with one attached hydrogen (secondary N) is 1. The van der Waals surface area contributed by atoms with Gasteiger partial charge in [0.05, 0.1) is 22.4 Å². The van der Waals surface area contributed by atoms with Crippen molar-refractivity contribution in [2.75, 3.05) is 6.54 Å². The van der Waals surface area contributed by atoms with E-state index in [1.807, 2.05) is 4.72 Å². The molecule has 0 radical (unpaired) electrons. The Morgan fingerprint density at radius 2 is 1.95 bits per heavy atom. The van der Waals surface area contributed by atoms with Crippen molar-refractivity contribution < 1.29 is 21.6 Å². The first-order chi connectivity index (χ1) is 8.68. The SMILES string of the molecule is CC(C#N)CNS(=O)(=O)c1ccccc1C(F)(F)F. The highest BCUT2D eigenvalue weighted by atomic mass is 32.2. The average molecular weight is 292 g/mol. The number of benzene rings is 1. The standard InChI is InChI=1S/C11H11F3N2O2S/c1-8(6-15)7-16-19(17,18)10-5-3-2-4-9(10)11(12,13)14/h2-5,8,16H,7H2,1H3. The summed E-state index contributed by atoms with van der Waals surface area (Å²) in [6.07, 6.45) is -4.76. The summed E-state index contributed by atoms with van der Waals surface area (Å²) in [7, 11) is -4.30. The van der Waals surface area contributed by atoms with Crippen molar-refractivity contribution in [3.8, 4) is 6.07 Å². The van der Waals surface area contributed by atoms with Crippen LogP contribution in [0, 0.1) is 17.2 Å². The largest absolute Gasteiger partial charge is 0.417 e. The van der Waals surface area contributed by atoms with E-state index in [0.29, 0.717) is 6.07 Å². The summed E-state index contributed by atoms with van der Waals surface area (Å²) >= 11 is 0. The van der Waals surface area contributed by atoms with Gasteiger partial charge in [0.25, 0.3) is 0 Å². The number of nitriles is 1. The molecule has 0 spiro atoms. The van der Waals surface area contributed by atoms with Gasteiger partial charge in [-0.2, -0.15) is 18.4 Å². The fourth-order valence-electron chi connectivity index (χ4n) is 1.29. The van der Waals surface area contributed by atoms with E-state index >= 15 is 0 Å². The van der Waals surface area contributed by atoms with Crippen molar-refractivity contribution in [2.24, 2.45) is 5.92 Å². The number of nitrogens with zero attached hydrogens (tertiary/aromatic N) is 1. The van der Waals surface area contributed by atoms with Crippen LogP contribution in [0.4, 0.5) is 13.2 Å². The molecule has 0 aliphatic heterocycles. The van der Waals surface area contributed by atoms with Crippen molar-refractivity contribution in [1.82, 2.24) is 4.72 Å². The van der Waals surface area contributed by atoms with Crippen LogP contribution < -0.4 is 4.72 Å². The quantitative estimate of drug-likeness (QED) is 0.924.